The van der Waals surface area contributed by atoms with Crippen molar-refractivity contribution in [1.82, 2.24) is 9.55 Å². The lowest BCUT2D eigenvalue weighted by atomic mass is 10.3. The Balaban J connectivity index is 2.55. The molecule has 0 spiro atoms. The van der Waals surface area contributed by atoms with Crippen LogP contribution in [-0.4, -0.2) is 26.2 Å². The number of thioether (sulfide) groups is 1. The van der Waals surface area contributed by atoms with Gasteiger partial charge in [-0.3, -0.25) is 0 Å². The maximum absolute atomic E-state index is 9.84. The van der Waals surface area contributed by atoms with E-state index >= 15 is 0 Å². The lowest BCUT2D eigenvalue weighted by Crippen LogP contribution is -2.13. The van der Waals surface area contributed by atoms with E-state index in [1.165, 1.54) is 0 Å². The number of aromatic nitrogens is 2. The number of nitrogens with two attached hydrogens (primary N) is 1. The van der Waals surface area contributed by atoms with Crippen LogP contribution in [0.4, 0.5) is 5.69 Å². The fraction of sp³-hybridized carbons (Fsp3) is 0.462. The first-order chi connectivity index (χ1) is 8.52. The lowest BCUT2D eigenvalue weighted by Gasteiger charge is -2.14. The monoisotopic (exact) mass is 265 g/mol. The SMILES string of the molecule is CSC(C)Cn1c(C(C)O)nc2cc(N)ccc21. The Labute approximate surface area is 111 Å². The molecule has 2 unspecified atom stereocenters. The second-order valence-electron chi connectivity index (χ2n) is 4.55. The highest BCUT2D eigenvalue weighted by molar-refractivity contribution is 7.99. The first kappa shape index (κ1) is 13.2. The molecule has 4 nitrogen and oxygen atoms in total. The van der Waals surface area contributed by atoms with E-state index in [1.807, 2.05) is 18.2 Å². The Morgan fingerprint density at radius 2 is 2.17 bits per heavy atom. The van der Waals surface area contributed by atoms with Crippen LogP contribution < -0.4 is 5.73 Å². The van der Waals surface area contributed by atoms with Crippen molar-refractivity contribution in [3.8, 4) is 0 Å². The van der Waals surface area contributed by atoms with Gasteiger partial charge < -0.3 is 15.4 Å². The van der Waals surface area contributed by atoms with Gasteiger partial charge in [-0.2, -0.15) is 11.8 Å². The van der Waals surface area contributed by atoms with E-state index in [9.17, 15) is 5.11 Å². The van der Waals surface area contributed by atoms with Crippen molar-refractivity contribution in [3.05, 3.63) is 24.0 Å². The van der Waals surface area contributed by atoms with Gasteiger partial charge >= 0.3 is 0 Å². The summed E-state index contributed by atoms with van der Waals surface area (Å²) in [5, 5.41) is 10.3. The molecule has 0 aliphatic heterocycles. The summed E-state index contributed by atoms with van der Waals surface area (Å²) in [6.45, 7) is 4.74. The molecule has 0 saturated heterocycles. The molecule has 0 bridgehead atoms. The van der Waals surface area contributed by atoms with Crippen LogP contribution >= 0.6 is 11.8 Å². The largest absolute Gasteiger partial charge is 0.399 e. The summed E-state index contributed by atoms with van der Waals surface area (Å²) in [5.74, 6) is 0.705. The third-order valence-corrected chi connectivity index (χ3v) is 3.97. The number of benzene rings is 1. The third-order valence-electron chi connectivity index (χ3n) is 3.02. The molecule has 5 heteroatoms. The maximum Gasteiger partial charge on any atom is 0.138 e. The average molecular weight is 265 g/mol. The van der Waals surface area contributed by atoms with Gasteiger partial charge in [0.15, 0.2) is 0 Å². The van der Waals surface area contributed by atoms with Crippen LogP contribution in [0.15, 0.2) is 18.2 Å². The fourth-order valence-electron chi connectivity index (χ4n) is 2.01. The van der Waals surface area contributed by atoms with Gasteiger partial charge in [0.25, 0.3) is 0 Å². The van der Waals surface area contributed by atoms with Gasteiger partial charge in [0.1, 0.15) is 11.9 Å². The van der Waals surface area contributed by atoms with Crippen molar-refractivity contribution in [2.75, 3.05) is 12.0 Å². The summed E-state index contributed by atoms with van der Waals surface area (Å²) < 4.78 is 2.08. The Bertz CT molecular complexity index is 550. The number of nitrogen functional groups attached to an aromatic ring is 1. The molecule has 1 aromatic heterocycles. The van der Waals surface area contributed by atoms with Crippen LogP contribution in [0, 0.1) is 0 Å². The van der Waals surface area contributed by atoms with Crippen molar-refractivity contribution in [1.29, 1.82) is 0 Å². The molecule has 0 fully saturated rings. The molecule has 0 saturated carbocycles. The zero-order valence-electron chi connectivity index (χ0n) is 10.9. The zero-order chi connectivity index (χ0) is 13.3. The standard InChI is InChI=1S/C13H19N3OS/c1-8(18-3)7-16-12-5-4-10(14)6-11(12)15-13(16)9(2)17/h4-6,8-9,17H,7,14H2,1-3H3. The van der Waals surface area contributed by atoms with E-state index in [2.05, 4.69) is 22.7 Å². The number of anilines is 1. The van der Waals surface area contributed by atoms with Crippen LogP contribution in [0.2, 0.25) is 0 Å². The number of rotatable bonds is 4. The van der Waals surface area contributed by atoms with E-state index in [0.717, 1.165) is 17.6 Å². The van der Waals surface area contributed by atoms with E-state index in [-0.39, 0.29) is 0 Å². The van der Waals surface area contributed by atoms with E-state index < -0.39 is 6.10 Å². The zero-order valence-corrected chi connectivity index (χ0v) is 11.7. The van der Waals surface area contributed by atoms with Crippen molar-refractivity contribution in [2.24, 2.45) is 0 Å². The highest BCUT2D eigenvalue weighted by Crippen LogP contribution is 2.24. The Hall–Kier alpha value is -1.20. The summed E-state index contributed by atoms with van der Waals surface area (Å²) in [5.41, 5.74) is 8.34. The number of imidazole rings is 1. The maximum atomic E-state index is 9.84. The van der Waals surface area contributed by atoms with Crippen molar-refractivity contribution in [3.63, 3.8) is 0 Å². The minimum Gasteiger partial charge on any atom is -0.399 e. The van der Waals surface area contributed by atoms with Gasteiger partial charge in [-0.1, -0.05) is 6.92 Å². The molecule has 2 rings (SSSR count). The second-order valence-corrected chi connectivity index (χ2v) is 5.83. The number of aliphatic hydroxyl groups excluding tert-OH is 1. The molecule has 3 N–H and O–H groups in total. The topological polar surface area (TPSA) is 64.1 Å². The summed E-state index contributed by atoms with van der Waals surface area (Å²) in [4.78, 5) is 4.48. The molecular weight excluding hydrogens is 246 g/mol. The molecule has 0 aliphatic rings. The number of nitrogens with zero attached hydrogens (tertiary/aromatic N) is 2. The quantitative estimate of drug-likeness (QED) is 0.833. The molecule has 0 radical (unpaired) electrons. The molecular formula is C13H19N3OS. The van der Waals surface area contributed by atoms with Gasteiger partial charge in [-0.15, -0.1) is 0 Å². The normalized spacial score (nSPS) is 14.9. The number of hydrogen-bond donors (Lipinski definition) is 2. The second kappa shape index (κ2) is 5.20. The van der Waals surface area contributed by atoms with E-state index in [0.29, 0.717) is 16.8 Å². The van der Waals surface area contributed by atoms with Crippen molar-refractivity contribution < 1.29 is 5.11 Å². The number of hydrogen-bond acceptors (Lipinski definition) is 4. The number of fused-ring (bicyclic) bond motifs is 1. The molecule has 2 aromatic rings. The molecule has 1 heterocycles. The molecule has 0 amide bonds. The summed E-state index contributed by atoms with van der Waals surface area (Å²) in [7, 11) is 0. The Kier molecular flexibility index (Phi) is 3.82. The molecule has 98 valence electrons. The minimum absolute atomic E-state index is 0.470. The smallest absolute Gasteiger partial charge is 0.138 e. The van der Waals surface area contributed by atoms with Crippen LogP contribution in [0.25, 0.3) is 11.0 Å². The van der Waals surface area contributed by atoms with Crippen LogP contribution in [-0.2, 0) is 6.54 Å². The molecule has 2 atom stereocenters. The highest BCUT2D eigenvalue weighted by atomic mass is 32.2. The van der Waals surface area contributed by atoms with Gasteiger partial charge in [0, 0.05) is 17.5 Å². The predicted molar refractivity (Wildman–Crippen MR) is 77.8 cm³/mol. The van der Waals surface area contributed by atoms with Crippen LogP contribution in [0.5, 0.6) is 0 Å². The first-order valence-electron chi connectivity index (χ1n) is 5.99. The lowest BCUT2D eigenvalue weighted by molar-refractivity contribution is 0.184. The van der Waals surface area contributed by atoms with Gasteiger partial charge in [0.05, 0.1) is 11.0 Å². The summed E-state index contributed by atoms with van der Waals surface area (Å²) in [6.07, 6.45) is 1.51. The van der Waals surface area contributed by atoms with Gasteiger partial charge in [-0.25, -0.2) is 4.98 Å². The molecule has 0 aliphatic carbocycles. The molecule has 1 aromatic carbocycles. The van der Waals surface area contributed by atoms with Gasteiger partial charge in [0.2, 0.25) is 0 Å². The van der Waals surface area contributed by atoms with Crippen molar-refractivity contribution in [2.45, 2.75) is 31.7 Å². The van der Waals surface area contributed by atoms with Crippen LogP contribution in [0.3, 0.4) is 0 Å². The van der Waals surface area contributed by atoms with Crippen molar-refractivity contribution >= 4 is 28.5 Å². The average Bonchev–Trinajstić information content (AvgIpc) is 2.67. The van der Waals surface area contributed by atoms with Gasteiger partial charge in [-0.05, 0) is 31.4 Å². The fourth-order valence-corrected chi connectivity index (χ4v) is 2.31. The summed E-state index contributed by atoms with van der Waals surface area (Å²) >= 11 is 1.80. The highest BCUT2D eigenvalue weighted by Gasteiger charge is 2.16. The Morgan fingerprint density at radius 1 is 1.44 bits per heavy atom. The predicted octanol–water partition coefficient (Wildman–Crippen LogP) is 2.42. The third kappa shape index (κ3) is 2.47. The first-order valence-corrected chi connectivity index (χ1v) is 7.28. The molecule has 18 heavy (non-hydrogen) atoms. The Morgan fingerprint density at radius 3 is 2.78 bits per heavy atom. The van der Waals surface area contributed by atoms with E-state index in [1.54, 1.807) is 18.7 Å². The van der Waals surface area contributed by atoms with E-state index in [4.69, 9.17) is 5.73 Å². The van der Waals surface area contributed by atoms with Crippen LogP contribution in [0.1, 0.15) is 25.8 Å². The minimum atomic E-state index is -0.576. The summed E-state index contributed by atoms with van der Waals surface area (Å²) in [6, 6.07) is 5.69. The number of aliphatic hydroxyl groups is 1.